The fraction of sp³-hybridized carbons (Fsp3) is 0.130. The second-order valence-corrected chi connectivity index (χ2v) is 6.52. The van der Waals surface area contributed by atoms with Crippen molar-refractivity contribution in [3.63, 3.8) is 0 Å². The molecule has 6 nitrogen and oxygen atoms in total. The summed E-state index contributed by atoms with van der Waals surface area (Å²) in [6.45, 7) is 1.33. The van der Waals surface area contributed by atoms with Crippen molar-refractivity contribution in [3.05, 3.63) is 108 Å². The maximum atomic E-state index is 12.5. The van der Waals surface area contributed by atoms with Crippen molar-refractivity contribution < 1.29 is 13.9 Å². The quantitative estimate of drug-likeness (QED) is 0.496. The first-order chi connectivity index (χ1) is 14.3. The summed E-state index contributed by atoms with van der Waals surface area (Å²) in [5.74, 6) is 1.35. The molecule has 0 radical (unpaired) electrons. The largest absolute Gasteiger partial charge is 0.486 e. The Balaban J connectivity index is 1.34. The summed E-state index contributed by atoms with van der Waals surface area (Å²) in [6.07, 6.45) is 3.66. The highest BCUT2D eigenvalue weighted by atomic mass is 16.5. The van der Waals surface area contributed by atoms with Gasteiger partial charge >= 0.3 is 0 Å². The van der Waals surface area contributed by atoms with Crippen molar-refractivity contribution >= 4 is 5.91 Å². The highest BCUT2D eigenvalue weighted by molar-refractivity contribution is 5.91. The van der Waals surface area contributed by atoms with E-state index in [4.69, 9.17) is 9.15 Å². The number of carbonyl (C=O) groups excluding carboxylic acids is 1. The number of aromatic nitrogens is 2. The number of rotatable bonds is 8. The molecule has 0 spiro atoms. The van der Waals surface area contributed by atoms with Gasteiger partial charge in [-0.1, -0.05) is 42.5 Å². The van der Waals surface area contributed by atoms with Crippen LogP contribution in [-0.4, -0.2) is 15.7 Å². The Kier molecular flexibility index (Phi) is 5.71. The minimum Gasteiger partial charge on any atom is -0.486 e. The predicted octanol–water partition coefficient (Wildman–Crippen LogP) is 4.03. The van der Waals surface area contributed by atoms with Crippen molar-refractivity contribution in [2.45, 2.75) is 19.7 Å². The van der Waals surface area contributed by atoms with E-state index in [9.17, 15) is 4.79 Å². The van der Waals surface area contributed by atoms with E-state index in [0.717, 1.165) is 16.9 Å². The number of hydrogen-bond acceptors (Lipinski definition) is 4. The zero-order valence-electron chi connectivity index (χ0n) is 15.8. The molecule has 0 unspecified atom stereocenters. The Morgan fingerprint density at radius 1 is 0.966 bits per heavy atom. The summed E-state index contributed by atoms with van der Waals surface area (Å²) in [7, 11) is 0. The van der Waals surface area contributed by atoms with Gasteiger partial charge in [0.2, 0.25) is 0 Å². The van der Waals surface area contributed by atoms with E-state index >= 15 is 0 Å². The highest BCUT2D eigenvalue weighted by Gasteiger charge is 2.12. The van der Waals surface area contributed by atoms with Crippen LogP contribution < -0.4 is 10.1 Å². The third kappa shape index (κ3) is 4.93. The molecule has 2 aromatic carbocycles. The SMILES string of the molecule is O=C(NCc1ccccc1Cn1cccn1)c1ccc(COc2ccccc2)o1. The third-order valence-electron chi connectivity index (χ3n) is 4.46. The predicted molar refractivity (Wildman–Crippen MR) is 108 cm³/mol. The molecule has 0 aliphatic heterocycles. The number of para-hydroxylation sites is 1. The summed E-state index contributed by atoms with van der Waals surface area (Å²) in [5.41, 5.74) is 2.14. The number of nitrogens with zero attached hydrogens (tertiary/aromatic N) is 2. The molecule has 0 bridgehead atoms. The summed E-state index contributed by atoms with van der Waals surface area (Å²) in [4.78, 5) is 12.5. The Labute approximate surface area is 168 Å². The van der Waals surface area contributed by atoms with E-state index in [0.29, 0.717) is 18.8 Å². The number of furan rings is 1. The lowest BCUT2D eigenvalue weighted by atomic mass is 10.1. The summed E-state index contributed by atoms with van der Waals surface area (Å²) in [5, 5.41) is 7.16. The fourth-order valence-electron chi connectivity index (χ4n) is 2.96. The summed E-state index contributed by atoms with van der Waals surface area (Å²) >= 11 is 0. The van der Waals surface area contributed by atoms with Crippen LogP contribution in [0.4, 0.5) is 0 Å². The van der Waals surface area contributed by atoms with E-state index in [1.54, 1.807) is 18.3 Å². The van der Waals surface area contributed by atoms with Crippen LogP contribution in [0, 0.1) is 0 Å². The van der Waals surface area contributed by atoms with Gasteiger partial charge in [-0.25, -0.2) is 0 Å². The minimum absolute atomic E-state index is 0.259. The summed E-state index contributed by atoms with van der Waals surface area (Å²) < 4.78 is 13.1. The standard InChI is InChI=1S/C23H21N3O3/c27-23(22-12-11-21(29-22)17-28-20-9-2-1-3-10-20)24-15-18-7-4-5-8-19(18)16-26-14-6-13-25-26/h1-14H,15-17H2,(H,24,27). The van der Waals surface area contributed by atoms with Gasteiger partial charge in [-0.2, -0.15) is 5.10 Å². The average molecular weight is 387 g/mol. The molecular weight excluding hydrogens is 366 g/mol. The average Bonchev–Trinajstić information content (AvgIpc) is 3.44. The molecule has 4 rings (SSSR count). The van der Waals surface area contributed by atoms with E-state index in [2.05, 4.69) is 10.4 Å². The molecule has 2 aromatic heterocycles. The van der Waals surface area contributed by atoms with Crippen molar-refractivity contribution in [2.75, 3.05) is 0 Å². The molecule has 0 fully saturated rings. The highest BCUT2D eigenvalue weighted by Crippen LogP contribution is 2.15. The molecular formula is C23H21N3O3. The molecule has 0 saturated heterocycles. The van der Waals surface area contributed by atoms with E-state index in [1.165, 1.54) is 0 Å². The van der Waals surface area contributed by atoms with E-state index < -0.39 is 0 Å². The molecule has 1 N–H and O–H groups in total. The van der Waals surface area contributed by atoms with Crippen LogP contribution in [0.15, 0.2) is 89.6 Å². The third-order valence-corrected chi connectivity index (χ3v) is 4.46. The van der Waals surface area contributed by atoms with Crippen LogP contribution in [0.2, 0.25) is 0 Å². The molecule has 0 aliphatic carbocycles. The number of nitrogens with one attached hydrogen (secondary N) is 1. The molecule has 1 amide bonds. The van der Waals surface area contributed by atoms with Gasteiger partial charge in [-0.15, -0.1) is 0 Å². The van der Waals surface area contributed by atoms with Gasteiger partial charge < -0.3 is 14.5 Å². The fourth-order valence-corrected chi connectivity index (χ4v) is 2.96. The zero-order chi connectivity index (χ0) is 19.9. The number of ether oxygens (including phenoxy) is 1. The molecule has 6 heteroatoms. The maximum absolute atomic E-state index is 12.5. The zero-order valence-corrected chi connectivity index (χ0v) is 15.8. The van der Waals surface area contributed by atoms with Crippen LogP contribution in [0.3, 0.4) is 0 Å². The minimum atomic E-state index is -0.259. The van der Waals surface area contributed by atoms with Crippen LogP contribution in [0.1, 0.15) is 27.4 Å². The number of amides is 1. The number of benzene rings is 2. The molecule has 146 valence electrons. The topological polar surface area (TPSA) is 69.3 Å². The normalized spacial score (nSPS) is 10.6. The van der Waals surface area contributed by atoms with Crippen LogP contribution >= 0.6 is 0 Å². The lowest BCUT2D eigenvalue weighted by Gasteiger charge is -2.10. The van der Waals surface area contributed by atoms with Crippen molar-refractivity contribution in [3.8, 4) is 5.75 Å². The second kappa shape index (κ2) is 8.93. The van der Waals surface area contributed by atoms with Gasteiger partial charge in [0.15, 0.2) is 5.76 Å². The molecule has 2 heterocycles. The first-order valence-corrected chi connectivity index (χ1v) is 9.37. The number of carbonyl (C=O) groups is 1. The smallest absolute Gasteiger partial charge is 0.287 e. The first kappa shape index (κ1) is 18.6. The summed E-state index contributed by atoms with van der Waals surface area (Å²) in [6, 6.07) is 22.8. The number of hydrogen-bond donors (Lipinski definition) is 1. The Hall–Kier alpha value is -3.80. The second-order valence-electron chi connectivity index (χ2n) is 6.52. The van der Waals surface area contributed by atoms with Crippen LogP contribution in [-0.2, 0) is 19.7 Å². The van der Waals surface area contributed by atoms with Gasteiger partial charge in [-0.3, -0.25) is 9.48 Å². The van der Waals surface area contributed by atoms with Crippen molar-refractivity contribution in [1.29, 1.82) is 0 Å². The Morgan fingerprint density at radius 3 is 2.55 bits per heavy atom. The Morgan fingerprint density at radius 2 is 1.76 bits per heavy atom. The van der Waals surface area contributed by atoms with Gasteiger partial charge in [0.25, 0.3) is 5.91 Å². The van der Waals surface area contributed by atoms with Gasteiger partial charge in [0.1, 0.15) is 18.1 Å². The molecule has 0 aliphatic rings. The monoisotopic (exact) mass is 387 g/mol. The van der Waals surface area contributed by atoms with Gasteiger partial charge in [-0.05, 0) is 41.5 Å². The van der Waals surface area contributed by atoms with Crippen molar-refractivity contribution in [1.82, 2.24) is 15.1 Å². The van der Waals surface area contributed by atoms with E-state index in [-0.39, 0.29) is 18.3 Å². The Bertz CT molecular complexity index is 1060. The molecule has 29 heavy (non-hydrogen) atoms. The van der Waals surface area contributed by atoms with Crippen LogP contribution in [0.5, 0.6) is 5.75 Å². The van der Waals surface area contributed by atoms with E-state index in [1.807, 2.05) is 71.5 Å². The molecule has 0 atom stereocenters. The maximum Gasteiger partial charge on any atom is 0.287 e. The first-order valence-electron chi connectivity index (χ1n) is 9.37. The molecule has 0 saturated carbocycles. The lowest BCUT2D eigenvalue weighted by Crippen LogP contribution is -2.23. The van der Waals surface area contributed by atoms with Gasteiger partial charge in [0, 0.05) is 18.9 Å². The van der Waals surface area contributed by atoms with Crippen LogP contribution in [0.25, 0.3) is 0 Å². The molecule has 4 aromatic rings. The lowest BCUT2D eigenvalue weighted by molar-refractivity contribution is 0.0919. The van der Waals surface area contributed by atoms with Gasteiger partial charge in [0.05, 0.1) is 6.54 Å². The van der Waals surface area contributed by atoms with Crippen molar-refractivity contribution in [2.24, 2.45) is 0 Å².